The van der Waals surface area contributed by atoms with Crippen LogP contribution in [0.15, 0.2) is 48.5 Å². The summed E-state index contributed by atoms with van der Waals surface area (Å²) in [6.45, 7) is 0. The normalized spacial score (nSPS) is 10.9. The quantitative estimate of drug-likeness (QED) is 0.614. The number of nitrogens with zero attached hydrogens (tertiary/aromatic N) is 1. The van der Waals surface area contributed by atoms with Crippen LogP contribution in [-0.2, 0) is 0 Å². The zero-order chi connectivity index (χ0) is 13.7. The van der Waals surface area contributed by atoms with Crippen molar-refractivity contribution in [2.45, 2.75) is 0 Å². The molecule has 0 heterocycles. The van der Waals surface area contributed by atoms with E-state index in [0.717, 1.165) is 11.3 Å². The third-order valence-corrected chi connectivity index (χ3v) is 2.71. The summed E-state index contributed by atoms with van der Waals surface area (Å²) in [6, 6.07) is 15.5. The minimum Gasteiger partial charge on any atom is -0.497 e. The number of allylic oxidation sites excluding steroid dienone is 1. The Labute approximate surface area is 111 Å². The highest BCUT2D eigenvalue weighted by molar-refractivity contribution is 5.89. The van der Waals surface area contributed by atoms with Gasteiger partial charge in [0.15, 0.2) is 0 Å². The summed E-state index contributed by atoms with van der Waals surface area (Å²) < 4.78 is 18.7. The Morgan fingerprint density at radius 3 is 2.42 bits per heavy atom. The van der Waals surface area contributed by atoms with Gasteiger partial charge >= 0.3 is 0 Å². The van der Waals surface area contributed by atoms with Crippen LogP contribution in [0.1, 0.15) is 11.1 Å². The van der Waals surface area contributed by atoms with Crippen molar-refractivity contribution in [1.29, 1.82) is 5.26 Å². The average Bonchev–Trinajstić information content (AvgIpc) is 2.46. The van der Waals surface area contributed by atoms with E-state index in [-0.39, 0.29) is 0 Å². The fourth-order valence-corrected chi connectivity index (χ4v) is 1.72. The molecule has 2 aromatic carbocycles. The molecular weight excluding hydrogens is 241 g/mol. The molecule has 2 nitrogen and oxygen atoms in total. The molecule has 0 atom stereocenters. The van der Waals surface area contributed by atoms with E-state index in [2.05, 4.69) is 0 Å². The van der Waals surface area contributed by atoms with Gasteiger partial charge < -0.3 is 4.74 Å². The van der Waals surface area contributed by atoms with Gasteiger partial charge in [0.05, 0.1) is 18.8 Å². The fraction of sp³-hybridized carbons (Fsp3) is 0.0625. The second kappa shape index (κ2) is 5.83. The third-order valence-electron chi connectivity index (χ3n) is 2.71. The van der Waals surface area contributed by atoms with Crippen LogP contribution in [0.2, 0.25) is 0 Å². The van der Waals surface area contributed by atoms with E-state index in [4.69, 9.17) is 10.00 Å². The first-order chi connectivity index (χ1) is 9.24. The van der Waals surface area contributed by atoms with Crippen molar-refractivity contribution in [3.05, 3.63) is 65.5 Å². The lowest BCUT2D eigenvalue weighted by Gasteiger charge is -2.02. The SMILES string of the molecule is COc1ccc(C=C(C#N)c2ccccc2F)cc1. The molecule has 2 rings (SSSR count). The van der Waals surface area contributed by atoms with Gasteiger partial charge in [0.2, 0.25) is 0 Å². The summed E-state index contributed by atoms with van der Waals surface area (Å²) in [7, 11) is 1.59. The average molecular weight is 253 g/mol. The summed E-state index contributed by atoms with van der Waals surface area (Å²) in [4.78, 5) is 0. The number of rotatable bonds is 3. The lowest BCUT2D eigenvalue weighted by atomic mass is 10.0. The molecular formula is C16H12FNO. The Kier molecular flexibility index (Phi) is 3.94. The van der Waals surface area contributed by atoms with Gasteiger partial charge in [0.25, 0.3) is 0 Å². The highest BCUT2D eigenvalue weighted by Crippen LogP contribution is 2.21. The maximum absolute atomic E-state index is 13.6. The molecule has 0 saturated heterocycles. The van der Waals surface area contributed by atoms with Crippen molar-refractivity contribution in [3.63, 3.8) is 0 Å². The molecule has 0 saturated carbocycles. The summed E-state index contributed by atoms with van der Waals surface area (Å²) >= 11 is 0. The van der Waals surface area contributed by atoms with Gasteiger partial charge in [-0.05, 0) is 29.8 Å². The molecule has 0 radical (unpaired) electrons. The molecule has 2 aromatic rings. The summed E-state index contributed by atoms with van der Waals surface area (Å²) in [5, 5.41) is 9.16. The van der Waals surface area contributed by atoms with E-state index >= 15 is 0 Å². The minimum atomic E-state index is -0.399. The molecule has 0 aliphatic rings. The van der Waals surface area contributed by atoms with Crippen LogP contribution in [0, 0.1) is 17.1 Å². The highest BCUT2D eigenvalue weighted by atomic mass is 19.1. The van der Waals surface area contributed by atoms with Crippen LogP contribution >= 0.6 is 0 Å². The smallest absolute Gasteiger partial charge is 0.131 e. The van der Waals surface area contributed by atoms with Gasteiger partial charge in [-0.1, -0.05) is 30.3 Å². The zero-order valence-electron chi connectivity index (χ0n) is 10.4. The molecule has 0 aliphatic heterocycles. The molecule has 3 heteroatoms. The van der Waals surface area contributed by atoms with Crippen LogP contribution in [0.4, 0.5) is 4.39 Å². The van der Waals surface area contributed by atoms with Crippen LogP contribution in [0.5, 0.6) is 5.75 Å². The van der Waals surface area contributed by atoms with E-state index in [1.807, 2.05) is 18.2 Å². The molecule has 0 unspecified atom stereocenters. The molecule has 0 fully saturated rings. The molecule has 94 valence electrons. The molecule has 0 amide bonds. The minimum absolute atomic E-state index is 0.295. The molecule has 19 heavy (non-hydrogen) atoms. The third kappa shape index (κ3) is 2.99. The van der Waals surface area contributed by atoms with Gasteiger partial charge in [-0.15, -0.1) is 0 Å². The van der Waals surface area contributed by atoms with Crippen molar-refractivity contribution in [2.24, 2.45) is 0 Å². The first kappa shape index (κ1) is 12.8. The molecule has 0 N–H and O–H groups in total. The maximum atomic E-state index is 13.6. The Morgan fingerprint density at radius 1 is 1.16 bits per heavy atom. The molecule has 0 aliphatic carbocycles. The Bertz CT molecular complexity index is 639. The topological polar surface area (TPSA) is 33.0 Å². The first-order valence-electron chi connectivity index (χ1n) is 5.75. The summed E-state index contributed by atoms with van der Waals surface area (Å²) in [5.74, 6) is 0.338. The maximum Gasteiger partial charge on any atom is 0.131 e. The number of hydrogen-bond acceptors (Lipinski definition) is 2. The van der Waals surface area contributed by atoms with Gasteiger partial charge in [-0.3, -0.25) is 0 Å². The monoisotopic (exact) mass is 253 g/mol. The number of benzene rings is 2. The Balaban J connectivity index is 2.39. The van der Waals surface area contributed by atoms with Crippen LogP contribution in [0.25, 0.3) is 11.6 Å². The van der Waals surface area contributed by atoms with Crippen LogP contribution in [0.3, 0.4) is 0 Å². The van der Waals surface area contributed by atoms with E-state index < -0.39 is 5.82 Å². The Hall–Kier alpha value is -2.60. The van der Waals surface area contributed by atoms with Crippen LogP contribution < -0.4 is 4.74 Å². The number of hydrogen-bond donors (Lipinski definition) is 0. The van der Waals surface area contributed by atoms with E-state index in [0.29, 0.717) is 11.1 Å². The lowest BCUT2D eigenvalue weighted by Crippen LogP contribution is -1.87. The predicted octanol–water partition coefficient (Wildman–Crippen LogP) is 3.90. The van der Waals surface area contributed by atoms with E-state index in [9.17, 15) is 4.39 Å². The van der Waals surface area contributed by atoms with E-state index in [1.54, 1.807) is 43.5 Å². The van der Waals surface area contributed by atoms with E-state index in [1.165, 1.54) is 6.07 Å². The van der Waals surface area contributed by atoms with Crippen molar-refractivity contribution in [1.82, 2.24) is 0 Å². The second-order valence-electron chi connectivity index (χ2n) is 3.92. The van der Waals surface area contributed by atoms with Gasteiger partial charge in [0, 0.05) is 5.56 Å². The van der Waals surface area contributed by atoms with Gasteiger partial charge in [-0.2, -0.15) is 5.26 Å². The predicted molar refractivity (Wildman–Crippen MR) is 72.9 cm³/mol. The van der Waals surface area contributed by atoms with Crippen LogP contribution in [-0.4, -0.2) is 7.11 Å². The van der Waals surface area contributed by atoms with Gasteiger partial charge in [-0.25, -0.2) is 4.39 Å². The van der Waals surface area contributed by atoms with Crippen molar-refractivity contribution in [3.8, 4) is 11.8 Å². The summed E-state index contributed by atoms with van der Waals surface area (Å²) in [5.41, 5.74) is 1.42. The number of ether oxygens (including phenoxy) is 1. The van der Waals surface area contributed by atoms with Crippen molar-refractivity contribution in [2.75, 3.05) is 7.11 Å². The zero-order valence-corrected chi connectivity index (χ0v) is 10.4. The fourth-order valence-electron chi connectivity index (χ4n) is 1.72. The first-order valence-corrected chi connectivity index (χ1v) is 5.75. The number of halogens is 1. The number of nitriles is 1. The number of methoxy groups -OCH3 is 1. The molecule has 0 bridgehead atoms. The van der Waals surface area contributed by atoms with Crippen molar-refractivity contribution >= 4 is 11.6 Å². The Morgan fingerprint density at radius 2 is 1.84 bits per heavy atom. The largest absolute Gasteiger partial charge is 0.497 e. The molecule has 0 spiro atoms. The standard InChI is InChI=1S/C16H12FNO/c1-19-14-8-6-12(7-9-14)10-13(11-18)15-4-2-3-5-16(15)17/h2-10H,1H3. The summed E-state index contributed by atoms with van der Waals surface area (Å²) in [6.07, 6.45) is 1.65. The second-order valence-corrected chi connectivity index (χ2v) is 3.92. The highest BCUT2D eigenvalue weighted by Gasteiger charge is 2.06. The van der Waals surface area contributed by atoms with Crippen molar-refractivity contribution < 1.29 is 9.13 Å². The van der Waals surface area contributed by atoms with Gasteiger partial charge in [0.1, 0.15) is 11.6 Å². The molecule has 0 aromatic heterocycles. The lowest BCUT2D eigenvalue weighted by molar-refractivity contribution is 0.415.